The summed E-state index contributed by atoms with van der Waals surface area (Å²) in [5.74, 6) is -0.0410. The third-order valence-electron chi connectivity index (χ3n) is 5.46. The normalized spacial score (nSPS) is 20.5. The first-order chi connectivity index (χ1) is 13.1. The lowest BCUT2D eigenvalue weighted by atomic mass is 10.1. The van der Waals surface area contributed by atoms with Crippen LogP contribution in [0.3, 0.4) is 0 Å². The molecule has 0 spiro atoms. The van der Waals surface area contributed by atoms with Crippen LogP contribution in [0.25, 0.3) is 0 Å². The fourth-order valence-electron chi connectivity index (χ4n) is 3.90. The Bertz CT molecular complexity index is 632. The largest absolute Gasteiger partial charge is 0.336 e. The maximum absolute atomic E-state index is 12.8. The van der Waals surface area contributed by atoms with E-state index in [0.29, 0.717) is 25.2 Å². The van der Waals surface area contributed by atoms with E-state index in [-0.39, 0.29) is 18.0 Å². The van der Waals surface area contributed by atoms with Crippen molar-refractivity contribution >= 4 is 11.9 Å². The van der Waals surface area contributed by atoms with Gasteiger partial charge in [-0.15, -0.1) is 0 Å². The second-order valence-electron chi connectivity index (χ2n) is 7.60. The van der Waals surface area contributed by atoms with Crippen molar-refractivity contribution in [3.8, 4) is 0 Å². The summed E-state index contributed by atoms with van der Waals surface area (Å²) < 4.78 is 0. The monoisotopic (exact) mass is 374 g/mol. The molecule has 0 N–H and O–H groups in total. The van der Waals surface area contributed by atoms with Crippen LogP contribution in [-0.4, -0.2) is 101 Å². The first kappa shape index (κ1) is 19.5. The van der Waals surface area contributed by atoms with Gasteiger partial charge in [0.2, 0.25) is 0 Å². The van der Waals surface area contributed by atoms with Crippen molar-refractivity contribution in [1.82, 2.24) is 29.8 Å². The molecule has 148 valence electrons. The maximum Gasteiger partial charge on any atom is 0.319 e. The molecule has 3 amide bonds. The number of aromatic nitrogens is 2. The van der Waals surface area contributed by atoms with E-state index in [4.69, 9.17) is 0 Å². The molecule has 2 aliphatic heterocycles. The predicted molar refractivity (Wildman–Crippen MR) is 102 cm³/mol. The molecule has 0 saturated carbocycles. The molecular formula is C19H30N6O2. The second-order valence-corrected chi connectivity index (χ2v) is 7.60. The van der Waals surface area contributed by atoms with E-state index in [1.807, 2.05) is 9.80 Å². The standard InChI is InChI=1S/C19H30N6O2/c1-22(2)19(27)25(13-12-23-9-4-3-5-10-23)17-7-11-24(15-17)18(26)16-6-8-20-21-14-16/h6,8,14,17H,3-5,7,9-13,15H2,1-2H3. The van der Waals surface area contributed by atoms with Gasteiger partial charge in [-0.05, 0) is 38.4 Å². The molecule has 27 heavy (non-hydrogen) atoms. The Morgan fingerprint density at radius 2 is 1.93 bits per heavy atom. The van der Waals surface area contributed by atoms with Gasteiger partial charge in [-0.25, -0.2) is 4.79 Å². The molecule has 0 bridgehead atoms. The number of piperidine rings is 1. The third kappa shape index (κ3) is 4.94. The second kappa shape index (κ2) is 9.12. The summed E-state index contributed by atoms with van der Waals surface area (Å²) >= 11 is 0. The quantitative estimate of drug-likeness (QED) is 0.773. The van der Waals surface area contributed by atoms with Gasteiger partial charge in [-0.3, -0.25) is 4.79 Å². The van der Waals surface area contributed by atoms with Crippen LogP contribution in [0.2, 0.25) is 0 Å². The average Bonchev–Trinajstić information content (AvgIpc) is 3.18. The lowest BCUT2D eigenvalue weighted by Gasteiger charge is -2.34. The van der Waals surface area contributed by atoms with Gasteiger partial charge in [0.1, 0.15) is 0 Å². The van der Waals surface area contributed by atoms with Crippen molar-refractivity contribution in [3.05, 3.63) is 24.0 Å². The highest BCUT2D eigenvalue weighted by molar-refractivity contribution is 5.94. The van der Waals surface area contributed by atoms with Gasteiger partial charge in [0.15, 0.2) is 0 Å². The zero-order valence-electron chi connectivity index (χ0n) is 16.4. The number of hydrogen-bond acceptors (Lipinski definition) is 5. The first-order valence-electron chi connectivity index (χ1n) is 9.82. The summed E-state index contributed by atoms with van der Waals surface area (Å²) in [5.41, 5.74) is 0.546. The lowest BCUT2D eigenvalue weighted by Crippen LogP contribution is -2.50. The van der Waals surface area contributed by atoms with Crippen LogP contribution >= 0.6 is 0 Å². The Labute approximate surface area is 161 Å². The predicted octanol–water partition coefficient (Wildman–Crippen LogP) is 1.16. The number of rotatable bonds is 5. The van der Waals surface area contributed by atoms with Crippen molar-refractivity contribution in [3.63, 3.8) is 0 Å². The molecule has 8 heteroatoms. The summed E-state index contributed by atoms with van der Waals surface area (Å²) in [6.07, 6.45) is 7.63. The minimum absolute atomic E-state index is 0.0249. The van der Waals surface area contributed by atoms with Gasteiger partial charge in [0.25, 0.3) is 5.91 Å². The molecule has 3 heterocycles. The Kier molecular flexibility index (Phi) is 6.60. The fraction of sp³-hybridized carbons (Fsp3) is 0.684. The van der Waals surface area contributed by atoms with Gasteiger partial charge < -0.3 is 19.6 Å². The van der Waals surface area contributed by atoms with Crippen molar-refractivity contribution < 1.29 is 9.59 Å². The van der Waals surface area contributed by atoms with E-state index in [0.717, 1.165) is 26.1 Å². The van der Waals surface area contributed by atoms with Crippen LogP contribution in [0.4, 0.5) is 4.79 Å². The first-order valence-corrected chi connectivity index (χ1v) is 9.82. The number of nitrogens with zero attached hydrogens (tertiary/aromatic N) is 6. The molecule has 0 radical (unpaired) electrons. The smallest absolute Gasteiger partial charge is 0.319 e. The van der Waals surface area contributed by atoms with E-state index >= 15 is 0 Å². The van der Waals surface area contributed by atoms with Gasteiger partial charge in [0, 0.05) is 40.3 Å². The van der Waals surface area contributed by atoms with Gasteiger partial charge in [0.05, 0.1) is 24.0 Å². The molecule has 1 aromatic heterocycles. The number of urea groups is 1. The number of likely N-dealkylation sites (tertiary alicyclic amines) is 2. The molecule has 0 aliphatic carbocycles. The van der Waals surface area contributed by atoms with Gasteiger partial charge >= 0.3 is 6.03 Å². The molecule has 2 aliphatic rings. The van der Waals surface area contributed by atoms with Crippen molar-refractivity contribution in [2.75, 3.05) is 53.4 Å². The van der Waals surface area contributed by atoms with Crippen LogP contribution in [0, 0.1) is 0 Å². The van der Waals surface area contributed by atoms with Crippen LogP contribution in [0.15, 0.2) is 18.5 Å². The molecule has 2 saturated heterocycles. The molecule has 8 nitrogen and oxygen atoms in total. The van der Waals surface area contributed by atoms with Crippen LogP contribution < -0.4 is 0 Å². The zero-order chi connectivity index (χ0) is 19.2. The van der Waals surface area contributed by atoms with E-state index in [2.05, 4.69) is 15.1 Å². The number of carbonyl (C=O) groups excluding carboxylic acids is 2. The minimum atomic E-state index is -0.0410. The third-order valence-corrected chi connectivity index (χ3v) is 5.46. The Morgan fingerprint density at radius 1 is 1.15 bits per heavy atom. The number of amides is 3. The highest BCUT2D eigenvalue weighted by atomic mass is 16.2. The molecule has 1 atom stereocenters. The lowest BCUT2D eigenvalue weighted by molar-refractivity contribution is 0.0773. The topological polar surface area (TPSA) is 72.9 Å². The summed E-state index contributed by atoms with van der Waals surface area (Å²) in [4.78, 5) is 33.3. The molecule has 1 aromatic rings. The minimum Gasteiger partial charge on any atom is -0.336 e. The van der Waals surface area contributed by atoms with E-state index in [9.17, 15) is 9.59 Å². The van der Waals surface area contributed by atoms with Crippen molar-refractivity contribution in [2.24, 2.45) is 0 Å². The van der Waals surface area contributed by atoms with E-state index in [1.165, 1.54) is 31.7 Å². The molecule has 3 rings (SSSR count). The molecule has 0 aromatic carbocycles. The maximum atomic E-state index is 12.8. The zero-order valence-corrected chi connectivity index (χ0v) is 16.4. The van der Waals surface area contributed by atoms with E-state index < -0.39 is 0 Å². The molecule has 2 fully saturated rings. The Morgan fingerprint density at radius 3 is 2.59 bits per heavy atom. The number of hydrogen-bond donors (Lipinski definition) is 0. The van der Waals surface area contributed by atoms with Crippen molar-refractivity contribution in [2.45, 2.75) is 31.7 Å². The number of carbonyl (C=O) groups is 2. The Balaban J connectivity index is 1.62. The SMILES string of the molecule is CN(C)C(=O)N(CCN1CCCCC1)C1CCN(C(=O)c2ccnnc2)C1. The molecule has 1 unspecified atom stereocenters. The summed E-state index contributed by atoms with van der Waals surface area (Å²) in [6.45, 7) is 5.08. The van der Waals surface area contributed by atoms with Crippen molar-refractivity contribution in [1.29, 1.82) is 0 Å². The van der Waals surface area contributed by atoms with Gasteiger partial charge in [-0.2, -0.15) is 10.2 Å². The Hall–Kier alpha value is -2.22. The summed E-state index contributed by atoms with van der Waals surface area (Å²) in [6, 6.07) is 1.77. The fourth-order valence-corrected chi connectivity index (χ4v) is 3.90. The summed E-state index contributed by atoms with van der Waals surface area (Å²) in [5, 5.41) is 7.51. The van der Waals surface area contributed by atoms with Crippen LogP contribution in [-0.2, 0) is 0 Å². The van der Waals surface area contributed by atoms with Gasteiger partial charge in [-0.1, -0.05) is 6.42 Å². The van der Waals surface area contributed by atoms with Crippen LogP contribution in [0.5, 0.6) is 0 Å². The summed E-state index contributed by atoms with van der Waals surface area (Å²) in [7, 11) is 3.58. The van der Waals surface area contributed by atoms with E-state index in [1.54, 1.807) is 25.1 Å². The molecular weight excluding hydrogens is 344 g/mol. The highest BCUT2D eigenvalue weighted by Gasteiger charge is 2.34. The highest BCUT2D eigenvalue weighted by Crippen LogP contribution is 2.19. The van der Waals surface area contributed by atoms with Crippen LogP contribution in [0.1, 0.15) is 36.0 Å². The average molecular weight is 374 g/mol.